The number of benzene rings is 1. The maximum absolute atomic E-state index is 6.01. The first kappa shape index (κ1) is 14.6. The van der Waals surface area contributed by atoms with Gasteiger partial charge in [-0.1, -0.05) is 6.07 Å². The van der Waals surface area contributed by atoms with Gasteiger partial charge in [0.05, 0.1) is 6.61 Å². The van der Waals surface area contributed by atoms with Gasteiger partial charge in [0.15, 0.2) is 11.5 Å². The predicted octanol–water partition coefficient (Wildman–Crippen LogP) is 1.77. The molecule has 2 aliphatic rings. The average molecular weight is 292 g/mol. The Balaban J connectivity index is 1.68. The van der Waals surface area contributed by atoms with Crippen LogP contribution in [0.15, 0.2) is 18.2 Å². The van der Waals surface area contributed by atoms with Crippen molar-refractivity contribution in [2.75, 3.05) is 40.1 Å². The molecular formula is C16H24N2O3. The highest BCUT2D eigenvalue weighted by Crippen LogP contribution is 2.35. The van der Waals surface area contributed by atoms with Crippen LogP contribution in [0.5, 0.6) is 11.5 Å². The first-order valence-electron chi connectivity index (χ1n) is 7.65. The third kappa shape index (κ3) is 3.31. The SMILES string of the molecule is CN(CC1CCCOC1)C(CN)c1ccc2c(c1)OCO2. The van der Waals surface area contributed by atoms with Gasteiger partial charge in [-0.3, -0.25) is 4.90 Å². The number of fused-ring (bicyclic) bond motifs is 1. The fourth-order valence-corrected chi connectivity index (χ4v) is 3.18. The molecule has 1 aromatic carbocycles. The Morgan fingerprint density at radius 2 is 2.19 bits per heavy atom. The van der Waals surface area contributed by atoms with Crippen molar-refractivity contribution in [2.24, 2.45) is 11.7 Å². The van der Waals surface area contributed by atoms with Crippen LogP contribution in [0.25, 0.3) is 0 Å². The Kier molecular flexibility index (Phi) is 4.63. The molecule has 5 nitrogen and oxygen atoms in total. The van der Waals surface area contributed by atoms with Crippen LogP contribution in [0.2, 0.25) is 0 Å². The maximum atomic E-state index is 6.01. The second-order valence-corrected chi connectivity index (χ2v) is 5.89. The lowest BCUT2D eigenvalue weighted by Crippen LogP contribution is -2.36. The molecule has 1 fully saturated rings. The maximum Gasteiger partial charge on any atom is 0.231 e. The number of nitrogens with two attached hydrogens (primary N) is 1. The summed E-state index contributed by atoms with van der Waals surface area (Å²) < 4.78 is 16.4. The molecule has 0 radical (unpaired) electrons. The topological polar surface area (TPSA) is 57.0 Å². The lowest BCUT2D eigenvalue weighted by molar-refractivity contribution is 0.0365. The van der Waals surface area contributed by atoms with Crippen molar-refractivity contribution in [3.63, 3.8) is 0 Å². The minimum Gasteiger partial charge on any atom is -0.454 e. The minimum absolute atomic E-state index is 0.196. The Morgan fingerprint density at radius 3 is 2.95 bits per heavy atom. The van der Waals surface area contributed by atoms with Crippen LogP contribution >= 0.6 is 0 Å². The number of hydrogen-bond acceptors (Lipinski definition) is 5. The molecule has 1 aromatic rings. The number of rotatable bonds is 5. The van der Waals surface area contributed by atoms with Gasteiger partial charge in [-0.2, -0.15) is 0 Å². The van der Waals surface area contributed by atoms with E-state index in [1.807, 2.05) is 12.1 Å². The summed E-state index contributed by atoms with van der Waals surface area (Å²) in [5, 5.41) is 0. The smallest absolute Gasteiger partial charge is 0.231 e. The molecule has 0 aromatic heterocycles. The van der Waals surface area contributed by atoms with E-state index >= 15 is 0 Å². The van der Waals surface area contributed by atoms with E-state index in [2.05, 4.69) is 18.0 Å². The highest BCUT2D eigenvalue weighted by Gasteiger charge is 2.23. The quantitative estimate of drug-likeness (QED) is 0.896. The molecule has 2 atom stereocenters. The van der Waals surface area contributed by atoms with Gasteiger partial charge in [0, 0.05) is 25.7 Å². The van der Waals surface area contributed by atoms with Gasteiger partial charge in [-0.15, -0.1) is 0 Å². The van der Waals surface area contributed by atoms with E-state index < -0.39 is 0 Å². The highest BCUT2D eigenvalue weighted by atomic mass is 16.7. The molecule has 1 saturated heterocycles. The predicted molar refractivity (Wildman–Crippen MR) is 80.5 cm³/mol. The van der Waals surface area contributed by atoms with Crippen molar-refractivity contribution < 1.29 is 14.2 Å². The molecular weight excluding hydrogens is 268 g/mol. The van der Waals surface area contributed by atoms with E-state index in [9.17, 15) is 0 Å². The zero-order valence-electron chi connectivity index (χ0n) is 12.6. The number of likely N-dealkylation sites (N-methyl/N-ethyl adjacent to an activating group) is 1. The third-order valence-electron chi connectivity index (χ3n) is 4.34. The molecule has 3 rings (SSSR count). The summed E-state index contributed by atoms with van der Waals surface area (Å²) in [6.07, 6.45) is 2.40. The summed E-state index contributed by atoms with van der Waals surface area (Å²) in [6.45, 7) is 3.67. The number of ether oxygens (including phenoxy) is 3. The van der Waals surface area contributed by atoms with Gasteiger partial charge in [-0.05, 0) is 43.5 Å². The van der Waals surface area contributed by atoms with Crippen molar-refractivity contribution in [3.05, 3.63) is 23.8 Å². The van der Waals surface area contributed by atoms with Crippen LogP contribution in [0, 0.1) is 5.92 Å². The Bertz CT molecular complexity index is 475. The van der Waals surface area contributed by atoms with Gasteiger partial charge >= 0.3 is 0 Å². The van der Waals surface area contributed by atoms with Crippen molar-refractivity contribution in [2.45, 2.75) is 18.9 Å². The Morgan fingerprint density at radius 1 is 1.33 bits per heavy atom. The molecule has 21 heavy (non-hydrogen) atoms. The number of nitrogens with zero attached hydrogens (tertiary/aromatic N) is 1. The van der Waals surface area contributed by atoms with E-state index in [0.29, 0.717) is 19.3 Å². The Hall–Kier alpha value is -1.30. The van der Waals surface area contributed by atoms with E-state index in [1.54, 1.807) is 0 Å². The first-order valence-corrected chi connectivity index (χ1v) is 7.65. The van der Waals surface area contributed by atoms with Crippen LogP contribution in [-0.4, -0.2) is 45.0 Å². The molecule has 2 unspecified atom stereocenters. The lowest BCUT2D eigenvalue weighted by atomic mass is 9.99. The molecule has 0 spiro atoms. The molecule has 116 valence electrons. The van der Waals surface area contributed by atoms with Crippen LogP contribution in [-0.2, 0) is 4.74 Å². The first-order chi connectivity index (χ1) is 10.3. The van der Waals surface area contributed by atoms with Gasteiger partial charge in [-0.25, -0.2) is 0 Å². The lowest BCUT2D eigenvalue weighted by Gasteiger charge is -2.32. The molecule has 0 saturated carbocycles. The molecule has 2 N–H and O–H groups in total. The Labute approximate surface area is 126 Å². The van der Waals surface area contributed by atoms with E-state index in [0.717, 1.165) is 37.7 Å². The van der Waals surface area contributed by atoms with Crippen LogP contribution in [0.3, 0.4) is 0 Å². The van der Waals surface area contributed by atoms with Gasteiger partial charge < -0.3 is 19.9 Å². The van der Waals surface area contributed by atoms with E-state index in [4.69, 9.17) is 19.9 Å². The molecule has 5 heteroatoms. The fourth-order valence-electron chi connectivity index (χ4n) is 3.18. The van der Waals surface area contributed by atoms with Gasteiger partial charge in [0.1, 0.15) is 0 Å². The third-order valence-corrected chi connectivity index (χ3v) is 4.34. The molecule has 0 bridgehead atoms. The summed E-state index contributed by atoms with van der Waals surface area (Å²) in [5.74, 6) is 2.24. The molecule has 2 heterocycles. The van der Waals surface area contributed by atoms with E-state index in [1.165, 1.54) is 12.0 Å². The van der Waals surface area contributed by atoms with Gasteiger partial charge in [0.2, 0.25) is 6.79 Å². The minimum atomic E-state index is 0.196. The van der Waals surface area contributed by atoms with Crippen molar-refractivity contribution >= 4 is 0 Å². The summed E-state index contributed by atoms with van der Waals surface area (Å²) in [6, 6.07) is 6.30. The highest BCUT2D eigenvalue weighted by molar-refractivity contribution is 5.45. The number of hydrogen-bond donors (Lipinski definition) is 1. The molecule has 0 aliphatic carbocycles. The second kappa shape index (κ2) is 6.64. The average Bonchev–Trinajstić information content (AvgIpc) is 2.96. The zero-order valence-corrected chi connectivity index (χ0v) is 12.6. The van der Waals surface area contributed by atoms with Crippen LogP contribution < -0.4 is 15.2 Å². The van der Waals surface area contributed by atoms with Crippen LogP contribution in [0.1, 0.15) is 24.4 Å². The molecule has 2 aliphatic heterocycles. The van der Waals surface area contributed by atoms with Crippen molar-refractivity contribution in [3.8, 4) is 11.5 Å². The summed E-state index contributed by atoms with van der Waals surface area (Å²) in [7, 11) is 2.14. The summed E-state index contributed by atoms with van der Waals surface area (Å²) in [5.41, 5.74) is 7.19. The summed E-state index contributed by atoms with van der Waals surface area (Å²) in [4.78, 5) is 2.33. The summed E-state index contributed by atoms with van der Waals surface area (Å²) >= 11 is 0. The standard InChI is InChI=1S/C16H24N2O3/c1-18(9-12-3-2-6-19-10-12)14(8-17)13-4-5-15-16(7-13)21-11-20-15/h4-5,7,12,14H,2-3,6,8-11,17H2,1H3. The zero-order chi connectivity index (χ0) is 14.7. The largest absolute Gasteiger partial charge is 0.454 e. The second-order valence-electron chi connectivity index (χ2n) is 5.89. The fraction of sp³-hybridized carbons (Fsp3) is 0.625. The van der Waals surface area contributed by atoms with E-state index in [-0.39, 0.29) is 6.04 Å². The van der Waals surface area contributed by atoms with Crippen molar-refractivity contribution in [1.29, 1.82) is 0 Å². The van der Waals surface area contributed by atoms with Gasteiger partial charge in [0.25, 0.3) is 0 Å². The molecule has 0 amide bonds. The van der Waals surface area contributed by atoms with Crippen LogP contribution in [0.4, 0.5) is 0 Å². The monoisotopic (exact) mass is 292 g/mol. The van der Waals surface area contributed by atoms with Crippen molar-refractivity contribution in [1.82, 2.24) is 4.90 Å². The normalized spacial score (nSPS) is 22.5.